The molecule has 0 spiro atoms. The predicted molar refractivity (Wildman–Crippen MR) is 176 cm³/mol. The van der Waals surface area contributed by atoms with E-state index in [4.69, 9.17) is 20.5 Å². The lowest BCUT2D eigenvalue weighted by Gasteiger charge is -2.40. The fourth-order valence-electron chi connectivity index (χ4n) is 3.59. The number of amides is 2. The number of rotatable bonds is 9. The smallest absolute Gasteiger partial charge is 0.269 e. The van der Waals surface area contributed by atoms with E-state index in [1.165, 1.54) is 0 Å². The third-order valence-corrected chi connectivity index (χ3v) is 17.9. The highest BCUT2D eigenvalue weighted by atomic mass is 35.5. The van der Waals surface area contributed by atoms with Gasteiger partial charge in [0.15, 0.2) is 8.32 Å². The summed E-state index contributed by atoms with van der Waals surface area (Å²) in [4.78, 5) is 26.5. The van der Waals surface area contributed by atoms with E-state index in [0.717, 1.165) is 0 Å². The Labute approximate surface area is 258 Å². The Morgan fingerprint density at radius 1 is 0.905 bits per heavy atom. The molecule has 2 aromatic rings. The van der Waals surface area contributed by atoms with Gasteiger partial charge in [-0.3, -0.25) is 20.4 Å². The monoisotopic (exact) mass is 630 g/mol. The Kier molecular flexibility index (Phi) is 11.1. The predicted octanol–water partition coefficient (Wildman–Crippen LogP) is 7.56. The molecule has 0 bridgehead atoms. The topological polar surface area (TPSA) is 112 Å². The molecular weight excluding hydrogens is 584 g/mol. The van der Waals surface area contributed by atoms with Crippen LogP contribution in [0, 0.1) is 18.3 Å². The van der Waals surface area contributed by atoms with Crippen molar-refractivity contribution in [3.05, 3.63) is 58.1 Å². The fourth-order valence-corrected chi connectivity index (χ4v) is 6.25. The number of anilines is 1. The second kappa shape index (κ2) is 13.2. The van der Waals surface area contributed by atoms with Crippen molar-refractivity contribution in [1.82, 2.24) is 10.9 Å². The Bertz CT molecular complexity index is 1330. The zero-order valence-electron chi connectivity index (χ0n) is 27.1. The van der Waals surface area contributed by atoms with Gasteiger partial charge in [-0.15, -0.1) is 0 Å². The van der Waals surface area contributed by atoms with Crippen molar-refractivity contribution in [2.45, 2.75) is 104 Å². The molecule has 0 saturated heterocycles. The largest absolute Gasteiger partial charge is 0.544 e. The van der Waals surface area contributed by atoms with Gasteiger partial charge in [-0.25, -0.2) is 0 Å². The van der Waals surface area contributed by atoms with Crippen LogP contribution >= 0.6 is 11.6 Å². The third kappa shape index (κ3) is 8.60. The molecule has 2 amide bonds. The summed E-state index contributed by atoms with van der Waals surface area (Å²) >= 11 is 6.40. The standard InChI is InChI=1S/C31H47ClN4O4Si2/c1-20-25(18-15-23(19-33)26(20)32)34-27(21(2)39-41(9,10)30(3,4)5)29(38)36-35-28(37)22-13-16-24(17-14-22)40-42(11,12)31(6,7)8/h13-18,21,27,34H,1-12H3,(H,35,37)(H,36,38)/t21-,27-/m1/s1. The average molecular weight is 631 g/mol. The average Bonchev–Trinajstić information content (AvgIpc) is 2.86. The number of nitrogens with zero attached hydrogens (tertiary/aromatic N) is 1. The van der Waals surface area contributed by atoms with E-state index in [0.29, 0.717) is 33.1 Å². The number of halogens is 1. The fraction of sp³-hybridized carbons (Fsp3) is 0.516. The second-order valence-electron chi connectivity index (χ2n) is 13.7. The number of hydrogen-bond acceptors (Lipinski definition) is 6. The van der Waals surface area contributed by atoms with Crippen LogP contribution < -0.4 is 20.6 Å². The van der Waals surface area contributed by atoms with Crippen LogP contribution in [0.1, 0.15) is 70.0 Å². The van der Waals surface area contributed by atoms with E-state index < -0.39 is 40.6 Å². The summed E-state index contributed by atoms with van der Waals surface area (Å²) in [7, 11) is -4.27. The van der Waals surface area contributed by atoms with Gasteiger partial charge in [0.1, 0.15) is 17.9 Å². The second-order valence-corrected chi connectivity index (χ2v) is 23.6. The van der Waals surface area contributed by atoms with Crippen LogP contribution in [-0.2, 0) is 9.22 Å². The molecule has 0 saturated carbocycles. The first-order valence-corrected chi connectivity index (χ1v) is 20.3. The zero-order valence-corrected chi connectivity index (χ0v) is 29.8. The van der Waals surface area contributed by atoms with E-state index in [1.807, 2.05) is 6.92 Å². The van der Waals surface area contributed by atoms with Gasteiger partial charge in [0.25, 0.3) is 11.8 Å². The first kappa shape index (κ1) is 35.4. The molecule has 2 aromatic carbocycles. The molecule has 8 nitrogen and oxygen atoms in total. The highest BCUT2D eigenvalue weighted by Crippen LogP contribution is 2.39. The molecule has 3 N–H and O–H groups in total. The Balaban J connectivity index is 2.24. The number of carbonyl (C=O) groups is 2. The molecule has 0 radical (unpaired) electrons. The number of nitrogens with one attached hydrogen (secondary N) is 3. The van der Waals surface area contributed by atoms with Crippen molar-refractivity contribution < 1.29 is 18.4 Å². The number of hydrogen-bond donors (Lipinski definition) is 3. The van der Waals surface area contributed by atoms with E-state index in [9.17, 15) is 14.9 Å². The minimum Gasteiger partial charge on any atom is -0.544 e. The third-order valence-electron chi connectivity index (χ3n) is 8.45. The van der Waals surface area contributed by atoms with Crippen LogP contribution in [-0.4, -0.2) is 40.6 Å². The minimum absolute atomic E-state index is 0.0466. The maximum absolute atomic E-state index is 13.5. The van der Waals surface area contributed by atoms with Gasteiger partial charge in [-0.2, -0.15) is 5.26 Å². The van der Waals surface area contributed by atoms with Crippen molar-refractivity contribution in [3.8, 4) is 11.8 Å². The van der Waals surface area contributed by atoms with E-state index in [1.54, 1.807) is 43.3 Å². The number of hydrazine groups is 1. The van der Waals surface area contributed by atoms with Gasteiger partial charge in [-0.05, 0) is 92.1 Å². The summed E-state index contributed by atoms with van der Waals surface area (Å²) in [5.41, 5.74) is 7.04. The summed E-state index contributed by atoms with van der Waals surface area (Å²) in [6, 6.07) is 11.4. The number of carbonyl (C=O) groups excluding carboxylic acids is 2. The van der Waals surface area contributed by atoms with Gasteiger partial charge in [0, 0.05) is 11.3 Å². The van der Waals surface area contributed by atoms with E-state index in [-0.39, 0.29) is 10.1 Å². The van der Waals surface area contributed by atoms with Gasteiger partial charge in [-0.1, -0.05) is 53.1 Å². The molecule has 2 rings (SSSR count). The maximum atomic E-state index is 13.5. The molecule has 0 aromatic heterocycles. The minimum atomic E-state index is -2.25. The Morgan fingerprint density at radius 2 is 1.45 bits per heavy atom. The zero-order chi connectivity index (χ0) is 32.3. The van der Waals surface area contributed by atoms with Crippen molar-refractivity contribution in [2.75, 3.05) is 5.32 Å². The van der Waals surface area contributed by atoms with Crippen molar-refractivity contribution in [1.29, 1.82) is 5.26 Å². The Hall–Kier alpha value is -2.85. The van der Waals surface area contributed by atoms with Crippen LogP contribution in [0.25, 0.3) is 0 Å². The van der Waals surface area contributed by atoms with Crippen molar-refractivity contribution in [3.63, 3.8) is 0 Å². The van der Waals surface area contributed by atoms with Gasteiger partial charge < -0.3 is 14.2 Å². The molecule has 0 heterocycles. The van der Waals surface area contributed by atoms with Gasteiger partial charge in [0.2, 0.25) is 8.32 Å². The molecule has 0 aliphatic rings. The molecule has 0 aliphatic heterocycles. The SMILES string of the molecule is Cc1c(N[C@@H](C(=O)NNC(=O)c2ccc(O[Si](C)(C)C(C)(C)C)cc2)[C@@H](C)O[Si](C)(C)C(C)(C)C)ccc(C#N)c1Cl. The van der Waals surface area contributed by atoms with E-state index in [2.05, 4.69) is 90.0 Å². The van der Waals surface area contributed by atoms with Crippen LogP contribution in [0.2, 0.25) is 41.3 Å². The molecule has 11 heteroatoms. The van der Waals surface area contributed by atoms with Crippen LogP contribution in [0.4, 0.5) is 5.69 Å². The normalized spacial score (nSPS) is 13.9. The lowest BCUT2D eigenvalue weighted by Crippen LogP contribution is -2.55. The highest BCUT2D eigenvalue weighted by Gasteiger charge is 2.41. The molecule has 2 atom stereocenters. The quantitative estimate of drug-likeness (QED) is 0.195. The van der Waals surface area contributed by atoms with Crippen LogP contribution in [0.5, 0.6) is 5.75 Å². The number of benzene rings is 2. The van der Waals surface area contributed by atoms with Crippen LogP contribution in [0.15, 0.2) is 36.4 Å². The molecule has 0 fully saturated rings. The van der Waals surface area contributed by atoms with E-state index >= 15 is 0 Å². The van der Waals surface area contributed by atoms with Crippen molar-refractivity contribution in [2.24, 2.45) is 0 Å². The maximum Gasteiger partial charge on any atom is 0.269 e. The van der Waals surface area contributed by atoms with Crippen molar-refractivity contribution >= 4 is 45.7 Å². The highest BCUT2D eigenvalue weighted by molar-refractivity contribution is 6.75. The Morgan fingerprint density at radius 3 is 1.95 bits per heavy atom. The summed E-state index contributed by atoms with van der Waals surface area (Å²) in [5, 5.41) is 12.9. The lowest BCUT2D eigenvalue weighted by atomic mass is 10.1. The summed E-state index contributed by atoms with van der Waals surface area (Å²) in [5.74, 6) is -0.233. The van der Waals surface area contributed by atoms with Crippen LogP contribution in [0.3, 0.4) is 0 Å². The number of nitriles is 1. The summed E-state index contributed by atoms with van der Waals surface area (Å²) < 4.78 is 12.8. The summed E-state index contributed by atoms with van der Waals surface area (Å²) in [6.07, 6.45) is -0.552. The lowest BCUT2D eigenvalue weighted by molar-refractivity contribution is -0.124. The van der Waals surface area contributed by atoms with Gasteiger partial charge in [0.05, 0.1) is 16.7 Å². The van der Waals surface area contributed by atoms with Gasteiger partial charge >= 0.3 is 0 Å². The molecule has 42 heavy (non-hydrogen) atoms. The first-order valence-electron chi connectivity index (χ1n) is 14.1. The molecular formula is C31H47ClN4O4Si2. The summed E-state index contributed by atoms with van der Waals surface area (Å²) in [6.45, 7) is 25.1. The molecule has 0 unspecified atom stereocenters. The first-order chi connectivity index (χ1) is 19.1. The molecule has 0 aliphatic carbocycles. The molecule has 230 valence electrons.